The van der Waals surface area contributed by atoms with E-state index in [1.165, 1.54) is 18.2 Å². The van der Waals surface area contributed by atoms with E-state index in [0.29, 0.717) is 0 Å². The molecule has 1 saturated carbocycles. The minimum atomic E-state index is -3.70. The van der Waals surface area contributed by atoms with E-state index in [-0.39, 0.29) is 23.8 Å². The predicted molar refractivity (Wildman–Crippen MR) is 83.5 cm³/mol. The lowest BCUT2D eigenvalue weighted by molar-refractivity contribution is 0.369. The zero-order valence-electron chi connectivity index (χ0n) is 11.8. The van der Waals surface area contributed by atoms with Crippen LogP contribution in [0.2, 0.25) is 0 Å². The zero-order valence-corrected chi connectivity index (χ0v) is 13.5. The van der Waals surface area contributed by atoms with Crippen LogP contribution in [0.15, 0.2) is 29.2 Å². The molecule has 0 saturated heterocycles. The molecule has 0 bridgehead atoms. The van der Waals surface area contributed by atoms with Crippen LogP contribution in [0.5, 0.6) is 0 Å². The van der Waals surface area contributed by atoms with E-state index >= 15 is 0 Å². The molecule has 1 aromatic rings. The van der Waals surface area contributed by atoms with Crippen molar-refractivity contribution in [1.29, 1.82) is 0 Å². The Morgan fingerprint density at radius 2 is 1.81 bits per heavy atom. The van der Waals surface area contributed by atoms with Gasteiger partial charge in [-0.1, -0.05) is 31.7 Å². The van der Waals surface area contributed by atoms with Gasteiger partial charge in [-0.3, -0.25) is 0 Å². The third-order valence-electron chi connectivity index (χ3n) is 3.82. The number of rotatable bonds is 4. The van der Waals surface area contributed by atoms with Crippen LogP contribution in [-0.2, 0) is 10.0 Å². The first-order chi connectivity index (χ1) is 9.41. The number of nitrogens with two attached hydrogens (primary N) is 1. The number of benzene rings is 1. The van der Waals surface area contributed by atoms with E-state index in [9.17, 15) is 12.8 Å². The van der Waals surface area contributed by atoms with E-state index in [1.54, 1.807) is 0 Å². The molecule has 0 aliphatic heterocycles. The van der Waals surface area contributed by atoms with Crippen molar-refractivity contribution in [3.63, 3.8) is 0 Å². The maximum absolute atomic E-state index is 13.1. The van der Waals surface area contributed by atoms with Gasteiger partial charge < -0.3 is 5.73 Å². The SMILES string of the molecule is Cl.NC1(CNS(=O)(=O)c2cccc(F)c2)CCCCCC1. The van der Waals surface area contributed by atoms with Crippen LogP contribution in [0.3, 0.4) is 0 Å². The maximum Gasteiger partial charge on any atom is 0.240 e. The number of nitrogens with one attached hydrogen (secondary N) is 1. The Morgan fingerprint density at radius 1 is 1.19 bits per heavy atom. The molecular formula is C14H22ClFN2O2S. The number of halogens is 2. The average Bonchev–Trinajstić information content (AvgIpc) is 2.62. The monoisotopic (exact) mass is 336 g/mol. The highest BCUT2D eigenvalue weighted by Gasteiger charge is 2.28. The summed E-state index contributed by atoms with van der Waals surface area (Å²) in [7, 11) is -3.70. The lowest BCUT2D eigenvalue weighted by Crippen LogP contribution is -2.49. The fraction of sp³-hybridized carbons (Fsp3) is 0.571. The highest BCUT2D eigenvalue weighted by Crippen LogP contribution is 2.24. The topological polar surface area (TPSA) is 72.2 Å². The van der Waals surface area contributed by atoms with Gasteiger partial charge in [0.25, 0.3) is 0 Å². The summed E-state index contributed by atoms with van der Waals surface area (Å²) in [6.45, 7) is 0.200. The van der Waals surface area contributed by atoms with Crippen LogP contribution in [0.25, 0.3) is 0 Å². The molecular weight excluding hydrogens is 315 g/mol. The molecule has 4 nitrogen and oxygen atoms in total. The van der Waals surface area contributed by atoms with Crippen LogP contribution in [-0.4, -0.2) is 20.5 Å². The predicted octanol–water partition coefficient (Wildman–Crippen LogP) is 2.58. The normalized spacial score (nSPS) is 18.6. The van der Waals surface area contributed by atoms with Crippen LogP contribution in [0.1, 0.15) is 38.5 Å². The van der Waals surface area contributed by atoms with Gasteiger partial charge in [0.05, 0.1) is 4.90 Å². The highest BCUT2D eigenvalue weighted by molar-refractivity contribution is 7.89. The quantitative estimate of drug-likeness (QED) is 0.830. The number of sulfonamides is 1. The summed E-state index contributed by atoms with van der Waals surface area (Å²) in [6, 6.07) is 4.99. The molecule has 2 rings (SSSR count). The molecule has 120 valence electrons. The van der Waals surface area contributed by atoms with Crippen LogP contribution in [0, 0.1) is 5.82 Å². The summed E-state index contributed by atoms with van der Waals surface area (Å²) in [6.07, 6.45) is 5.99. The standard InChI is InChI=1S/C14H21FN2O2S.ClH/c15-12-6-5-7-13(10-12)20(18,19)17-11-14(16)8-3-1-2-4-9-14;/h5-7,10,17H,1-4,8-9,11,16H2;1H. The molecule has 1 fully saturated rings. The van der Waals surface area contributed by atoms with Crippen molar-refractivity contribution in [3.8, 4) is 0 Å². The molecule has 21 heavy (non-hydrogen) atoms. The molecule has 0 spiro atoms. The van der Waals surface area contributed by atoms with Crippen molar-refractivity contribution < 1.29 is 12.8 Å². The average molecular weight is 337 g/mol. The van der Waals surface area contributed by atoms with Gasteiger partial charge in [-0.05, 0) is 31.0 Å². The summed E-state index contributed by atoms with van der Waals surface area (Å²) in [5, 5.41) is 0. The Balaban J connectivity index is 0.00000220. The second-order valence-corrected chi connectivity index (χ2v) is 7.33. The van der Waals surface area contributed by atoms with Gasteiger partial charge in [0, 0.05) is 12.1 Å². The summed E-state index contributed by atoms with van der Waals surface area (Å²) >= 11 is 0. The Kier molecular flexibility index (Phi) is 6.59. The van der Waals surface area contributed by atoms with E-state index < -0.39 is 21.4 Å². The van der Waals surface area contributed by atoms with E-state index in [1.807, 2.05) is 0 Å². The molecule has 0 unspecified atom stereocenters. The molecule has 1 aliphatic rings. The van der Waals surface area contributed by atoms with Gasteiger partial charge in [-0.2, -0.15) is 0 Å². The van der Waals surface area contributed by atoms with E-state index in [2.05, 4.69) is 4.72 Å². The molecule has 0 heterocycles. The largest absolute Gasteiger partial charge is 0.324 e. The Morgan fingerprint density at radius 3 is 2.38 bits per heavy atom. The third kappa shape index (κ3) is 5.21. The van der Waals surface area contributed by atoms with Gasteiger partial charge in [-0.15, -0.1) is 12.4 Å². The first kappa shape index (κ1) is 18.4. The van der Waals surface area contributed by atoms with Crippen LogP contribution >= 0.6 is 12.4 Å². The van der Waals surface area contributed by atoms with E-state index in [0.717, 1.165) is 44.6 Å². The van der Waals surface area contributed by atoms with Crippen molar-refractivity contribution >= 4 is 22.4 Å². The van der Waals surface area contributed by atoms with Gasteiger partial charge >= 0.3 is 0 Å². The van der Waals surface area contributed by atoms with Crippen LogP contribution < -0.4 is 10.5 Å². The molecule has 0 atom stereocenters. The van der Waals surface area contributed by atoms with Crippen molar-refractivity contribution in [1.82, 2.24) is 4.72 Å². The summed E-state index contributed by atoms with van der Waals surface area (Å²) < 4.78 is 39.9. The Hall–Kier alpha value is -0.690. The first-order valence-electron chi connectivity index (χ1n) is 6.95. The number of hydrogen-bond acceptors (Lipinski definition) is 3. The number of hydrogen-bond donors (Lipinski definition) is 2. The Labute approximate surface area is 131 Å². The van der Waals surface area contributed by atoms with Gasteiger partial charge in [0.2, 0.25) is 10.0 Å². The second kappa shape index (κ2) is 7.54. The lowest BCUT2D eigenvalue weighted by atomic mass is 9.92. The molecule has 0 radical (unpaired) electrons. The Bertz CT molecular complexity index is 558. The first-order valence-corrected chi connectivity index (χ1v) is 8.44. The fourth-order valence-electron chi connectivity index (χ4n) is 2.57. The van der Waals surface area contributed by atoms with Crippen LogP contribution in [0.4, 0.5) is 4.39 Å². The summed E-state index contributed by atoms with van der Waals surface area (Å²) in [4.78, 5) is -0.0604. The molecule has 1 aromatic carbocycles. The minimum Gasteiger partial charge on any atom is -0.324 e. The molecule has 0 aromatic heterocycles. The van der Waals surface area contributed by atoms with Crippen molar-refractivity contribution in [2.75, 3.05) is 6.54 Å². The van der Waals surface area contributed by atoms with Gasteiger partial charge in [0.1, 0.15) is 5.82 Å². The van der Waals surface area contributed by atoms with Gasteiger partial charge in [0.15, 0.2) is 0 Å². The molecule has 7 heteroatoms. The zero-order chi connectivity index (χ0) is 14.6. The summed E-state index contributed by atoms with van der Waals surface area (Å²) in [5.41, 5.74) is 5.78. The summed E-state index contributed by atoms with van der Waals surface area (Å²) in [5.74, 6) is -0.565. The maximum atomic E-state index is 13.1. The van der Waals surface area contributed by atoms with Crippen molar-refractivity contribution in [2.24, 2.45) is 5.73 Å². The van der Waals surface area contributed by atoms with Crippen molar-refractivity contribution in [2.45, 2.75) is 49.0 Å². The van der Waals surface area contributed by atoms with E-state index in [4.69, 9.17) is 5.73 Å². The fourth-order valence-corrected chi connectivity index (χ4v) is 3.74. The molecule has 1 aliphatic carbocycles. The minimum absolute atomic E-state index is 0. The molecule has 0 amide bonds. The highest BCUT2D eigenvalue weighted by atomic mass is 35.5. The van der Waals surface area contributed by atoms with Gasteiger partial charge in [-0.25, -0.2) is 17.5 Å². The second-order valence-electron chi connectivity index (χ2n) is 5.56. The third-order valence-corrected chi connectivity index (χ3v) is 5.22. The smallest absolute Gasteiger partial charge is 0.240 e. The van der Waals surface area contributed by atoms with Crippen molar-refractivity contribution in [3.05, 3.63) is 30.1 Å². The molecule has 3 N–H and O–H groups in total. The lowest BCUT2D eigenvalue weighted by Gasteiger charge is -2.28.